The van der Waals surface area contributed by atoms with Gasteiger partial charge in [-0.1, -0.05) is 19.9 Å². The molecule has 19 heavy (non-hydrogen) atoms. The molecule has 0 saturated carbocycles. The second-order valence-corrected chi connectivity index (χ2v) is 4.95. The molecule has 1 aromatic heterocycles. The Labute approximate surface area is 109 Å². The fourth-order valence-electron chi connectivity index (χ4n) is 2.43. The Morgan fingerprint density at radius 3 is 2.68 bits per heavy atom. The van der Waals surface area contributed by atoms with Crippen molar-refractivity contribution in [2.45, 2.75) is 38.5 Å². The molecule has 0 unspecified atom stereocenters. The molecule has 1 aliphatic rings. The van der Waals surface area contributed by atoms with Gasteiger partial charge in [-0.25, -0.2) is 4.98 Å². The molecule has 0 saturated heterocycles. The number of hydrogen-bond acceptors (Lipinski definition) is 3. The van der Waals surface area contributed by atoms with Crippen molar-refractivity contribution in [2.24, 2.45) is 5.92 Å². The fraction of sp³-hybridized carbons (Fsp3) is 0.615. The average Bonchev–Trinajstić information content (AvgIpc) is 2.66. The number of nitrogens with zero attached hydrogens (tertiary/aromatic N) is 1. The molecule has 1 N–H and O–H groups in total. The lowest BCUT2D eigenvalue weighted by Crippen LogP contribution is -2.26. The molecule has 1 aliphatic heterocycles. The summed E-state index contributed by atoms with van der Waals surface area (Å²) in [5.41, 5.74) is -0.239. The molecule has 0 radical (unpaired) electrons. The van der Waals surface area contributed by atoms with Gasteiger partial charge < -0.3 is 9.84 Å². The van der Waals surface area contributed by atoms with Gasteiger partial charge in [-0.15, -0.1) is 0 Å². The van der Waals surface area contributed by atoms with Gasteiger partial charge in [0, 0.05) is 18.1 Å². The first-order valence-corrected chi connectivity index (χ1v) is 6.20. The van der Waals surface area contributed by atoms with Gasteiger partial charge >= 0.3 is 6.18 Å². The van der Waals surface area contributed by atoms with Crippen molar-refractivity contribution in [1.29, 1.82) is 0 Å². The number of fused-ring (bicyclic) bond motifs is 1. The van der Waals surface area contributed by atoms with Crippen molar-refractivity contribution in [1.82, 2.24) is 4.98 Å². The maximum Gasteiger partial charge on any atom is 0.433 e. The first kappa shape index (κ1) is 14.1. The Kier molecular flexibility index (Phi) is 3.71. The molecule has 2 heterocycles. The van der Waals surface area contributed by atoms with Crippen LogP contribution in [0.5, 0.6) is 5.88 Å². The molecule has 1 aromatic rings. The predicted octanol–water partition coefficient (Wildman–Crippen LogP) is 2.98. The second kappa shape index (κ2) is 5.00. The zero-order valence-corrected chi connectivity index (χ0v) is 10.7. The lowest BCUT2D eigenvalue weighted by atomic mass is 9.89. The number of ether oxygens (including phenoxy) is 1. The van der Waals surface area contributed by atoms with Gasteiger partial charge in [-0.05, 0) is 18.4 Å². The zero-order valence-electron chi connectivity index (χ0n) is 10.7. The van der Waals surface area contributed by atoms with Crippen LogP contribution in [0.1, 0.15) is 37.4 Å². The number of aliphatic hydroxyl groups excluding tert-OH is 1. The molecule has 2 rings (SSSR count). The van der Waals surface area contributed by atoms with E-state index in [2.05, 4.69) is 4.98 Å². The van der Waals surface area contributed by atoms with Gasteiger partial charge in [0.05, 0.1) is 0 Å². The summed E-state index contributed by atoms with van der Waals surface area (Å²) < 4.78 is 43.3. The fourth-order valence-corrected chi connectivity index (χ4v) is 2.43. The minimum absolute atomic E-state index is 0.0219. The molecule has 0 bridgehead atoms. The summed E-state index contributed by atoms with van der Waals surface area (Å²) in [5.74, 6) is 0.104. The number of aromatic nitrogens is 1. The maximum atomic E-state index is 12.6. The molecule has 0 aromatic carbocycles. The normalized spacial score (nSPS) is 23.9. The highest BCUT2D eigenvalue weighted by atomic mass is 19.4. The number of halogens is 3. The summed E-state index contributed by atoms with van der Waals surface area (Å²) in [6.45, 7) is 3.85. The van der Waals surface area contributed by atoms with Gasteiger partial charge in [0.15, 0.2) is 0 Å². The van der Waals surface area contributed by atoms with Crippen LogP contribution < -0.4 is 4.74 Å². The predicted molar refractivity (Wildman–Crippen MR) is 62.9 cm³/mol. The van der Waals surface area contributed by atoms with Gasteiger partial charge in [-0.2, -0.15) is 13.2 Å². The average molecular weight is 275 g/mol. The minimum Gasteiger partial charge on any atom is -0.473 e. The smallest absolute Gasteiger partial charge is 0.433 e. The van der Waals surface area contributed by atoms with E-state index in [1.807, 2.05) is 13.8 Å². The number of rotatable bonds is 3. The van der Waals surface area contributed by atoms with E-state index in [9.17, 15) is 13.2 Å². The number of alkyl halides is 3. The Bertz CT molecular complexity index is 462. The highest BCUT2D eigenvalue weighted by Crippen LogP contribution is 2.41. The van der Waals surface area contributed by atoms with Crippen LogP contribution in [0.25, 0.3) is 0 Å². The Hall–Kier alpha value is -1.30. The van der Waals surface area contributed by atoms with Crippen molar-refractivity contribution < 1.29 is 23.0 Å². The Balaban J connectivity index is 2.25. The summed E-state index contributed by atoms with van der Waals surface area (Å²) in [7, 11) is 0. The minimum atomic E-state index is -4.46. The van der Waals surface area contributed by atoms with Gasteiger partial charge in [0.25, 0.3) is 0 Å². The van der Waals surface area contributed by atoms with Crippen molar-refractivity contribution in [3.8, 4) is 5.88 Å². The lowest BCUT2D eigenvalue weighted by molar-refractivity contribution is -0.141. The monoisotopic (exact) mass is 275 g/mol. The second-order valence-electron chi connectivity index (χ2n) is 4.95. The van der Waals surface area contributed by atoms with Crippen LogP contribution in [0.2, 0.25) is 0 Å². The van der Waals surface area contributed by atoms with E-state index in [-0.39, 0.29) is 30.4 Å². The van der Waals surface area contributed by atoms with Crippen LogP contribution >= 0.6 is 0 Å². The topological polar surface area (TPSA) is 42.4 Å². The lowest BCUT2D eigenvalue weighted by Gasteiger charge is -2.21. The van der Waals surface area contributed by atoms with E-state index >= 15 is 0 Å². The summed E-state index contributed by atoms with van der Waals surface area (Å²) >= 11 is 0. The zero-order chi connectivity index (χ0) is 14.2. The largest absolute Gasteiger partial charge is 0.473 e. The molecule has 0 aliphatic carbocycles. The van der Waals surface area contributed by atoms with Crippen molar-refractivity contribution >= 4 is 0 Å². The van der Waals surface area contributed by atoms with E-state index < -0.39 is 11.9 Å². The highest BCUT2D eigenvalue weighted by Gasteiger charge is 2.39. The highest BCUT2D eigenvalue weighted by molar-refractivity contribution is 5.37. The van der Waals surface area contributed by atoms with Gasteiger partial charge in [-0.3, -0.25) is 0 Å². The molecule has 0 fully saturated rings. The first-order valence-electron chi connectivity index (χ1n) is 6.20. The quantitative estimate of drug-likeness (QED) is 0.922. The Morgan fingerprint density at radius 1 is 1.42 bits per heavy atom. The van der Waals surface area contributed by atoms with E-state index in [1.165, 1.54) is 6.07 Å². The number of pyridine rings is 1. The summed E-state index contributed by atoms with van der Waals surface area (Å²) in [6, 6.07) is 2.42. The summed E-state index contributed by atoms with van der Waals surface area (Å²) in [4.78, 5) is 3.56. The van der Waals surface area contributed by atoms with E-state index in [0.29, 0.717) is 12.0 Å². The van der Waals surface area contributed by atoms with Crippen LogP contribution in [-0.2, 0) is 6.18 Å². The van der Waals surface area contributed by atoms with Crippen molar-refractivity contribution in [3.05, 3.63) is 23.4 Å². The maximum absolute atomic E-state index is 12.6. The molecule has 0 spiro atoms. The van der Waals surface area contributed by atoms with Crippen LogP contribution in [0.3, 0.4) is 0 Å². The van der Waals surface area contributed by atoms with E-state index in [1.54, 1.807) is 0 Å². The first-order chi connectivity index (χ1) is 8.84. The molecule has 3 atom stereocenters. The van der Waals surface area contributed by atoms with E-state index in [0.717, 1.165) is 6.07 Å². The number of hydrogen-bond donors (Lipinski definition) is 1. The summed E-state index contributed by atoms with van der Waals surface area (Å²) in [5, 5.41) is 8.93. The molecular formula is C13H16F3NO2. The molecule has 3 nitrogen and oxygen atoms in total. The van der Waals surface area contributed by atoms with Gasteiger partial charge in [0.2, 0.25) is 5.88 Å². The van der Waals surface area contributed by atoms with Crippen LogP contribution in [0, 0.1) is 5.92 Å². The third kappa shape index (κ3) is 2.68. The molecule has 6 heteroatoms. The third-order valence-electron chi connectivity index (χ3n) is 3.56. The van der Waals surface area contributed by atoms with Gasteiger partial charge in [0.1, 0.15) is 11.8 Å². The van der Waals surface area contributed by atoms with Crippen LogP contribution in [0.4, 0.5) is 13.2 Å². The van der Waals surface area contributed by atoms with E-state index in [4.69, 9.17) is 9.84 Å². The SMILES string of the molecule is C[C@@H](CCO)[C@@H]1Oc2nc(C(F)(F)F)ccc2[C@@H]1C. The van der Waals surface area contributed by atoms with Crippen molar-refractivity contribution in [2.75, 3.05) is 6.61 Å². The molecule has 0 amide bonds. The summed E-state index contributed by atoms with van der Waals surface area (Å²) in [6.07, 6.45) is -4.15. The number of aliphatic hydroxyl groups is 1. The van der Waals surface area contributed by atoms with Crippen LogP contribution in [0.15, 0.2) is 12.1 Å². The molecule has 106 valence electrons. The third-order valence-corrected chi connectivity index (χ3v) is 3.56. The molecular weight excluding hydrogens is 259 g/mol. The Morgan fingerprint density at radius 2 is 2.11 bits per heavy atom. The van der Waals surface area contributed by atoms with Crippen LogP contribution in [-0.4, -0.2) is 22.8 Å². The standard InChI is InChI=1S/C13H16F3NO2/c1-7(5-6-18)11-8(2)9-3-4-10(13(14,15)16)17-12(9)19-11/h3-4,7-8,11,18H,5-6H2,1-2H3/t7-,8-,11-/m0/s1. The van der Waals surface area contributed by atoms with Crippen molar-refractivity contribution in [3.63, 3.8) is 0 Å².